The third kappa shape index (κ3) is 2.74. The van der Waals surface area contributed by atoms with Crippen LogP contribution >= 0.6 is 0 Å². The SMILES string of the molecule is CC(=O)OCCn1cnnn1. The molecule has 0 unspecified atom stereocenters. The molecule has 0 fully saturated rings. The van der Waals surface area contributed by atoms with Gasteiger partial charge in [0.15, 0.2) is 0 Å². The highest BCUT2D eigenvalue weighted by atomic mass is 16.5. The molecule has 6 heteroatoms. The van der Waals surface area contributed by atoms with Crippen molar-refractivity contribution in [3.05, 3.63) is 6.33 Å². The van der Waals surface area contributed by atoms with E-state index < -0.39 is 0 Å². The number of ether oxygens (including phenoxy) is 1. The molecule has 1 rings (SSSR count). The summed E-state index contributed by atoms with van der Waals surface area (Å²) in [5, 5.41) is 10.4. The molecule has 0 amide bonds. The first-order chi connectivity index (χ1) is 5.29. The van der Waals surface area contributed by atoms with Gasteiger partial charge in [-0.15, -0.1) is 5.10 Å². The van der Waals surface area contributed by atoms with Crippen molar-refractivity contribution in [2.75, 3.05) is 6.61 Å². The largest absolute Gasteiger partial charge is 0.464 e. The Labute approximate surface area is 63.1 Å². The molecule has 0 aromatic carbocycles. The van der Waals surface area contributed by atoms with E-state index in [4.69, 9.17) is 0 Å². The van der Waals surface area contributed by atoms with Gasteiger partial charge in [0, 0.05) is 6.92 Å². The Morgan fingerprint density at radius 2 is 2.55 bits per heavy atom. The topological polar surface area (TPSA) is 69.9 Å². The smallest absolute Gasteiger partial charge is 0.302 e. The number of rotatable bonds is 3. The van der Waals surface area contributed by atoms with Crippen LogP contribution in [-0.4, -0.2) is 32.8 Å². The van der Waals surface area contributed by atoms with Crippen LogP contribution in [0.2, 0.25) is 0 Å². The molecule has 1 heterocycles. The van der Waals surface area contributed by atoms with E-state index in [1.54, 1.807) is 0 Å². The fourth-order valence-corrected chi connectivity index (χ4v) is 0.566. The Balaban J connectivity index is 2.19. The molecule has 0 atom stereocenters. The average Bonchev–Trinajstić information content (AvgIpc) is 2.39. The van der Waals surface area contributed by atoms with Gasteiger partial charge >= 0.3 is 5.97 Å². The maximum Gasteiger partial charge on any atom is 0.302 e. The first kappa shape index (κ1) is 7.64. The van der Waals surface area contributed by atoms with Crippen LogP contribution in [0.25, 0.3) is 0 Å². The summed E-state index contributed by atoms with van der Waals surface area (Å²) in [5.74, 6) is -0.293. The van der Waals surface area contributed by atoms with Crippen LogP contribution in [0.3, 0.4) is 0 Å². The minimum absolute atomic E-state index is 0.293. The van der Waals surface area contributed by atoms with Gasteiger partial charge in [0.2, 0.25) is 0 Å². The van der Waals surface area contributed by atoms with Gasteiger partial charge < -0.3 is 4.74 Å². The summed E-state index contributed by atoms with van der Waals surface area (Å²) >= 11 is 0. The first-order valence-corrected chi connectivity index (χ1v) is 3.13. The molecule has 0 spiro atoms. The molecule has 0 aliphatic heterocycles. The van der Waals surface area contributed by atoms with E-state index in [1.807, 2.05) is 0 Å². The fourth-order valence-electron chi connectivity index (χ4n) is 0.566. The summed E-state index contributed by atoms with van der Waals surface area (Å²) in [5.41, 5.74) is 0. The summed E-state index contributed by atoms with van der Waals surface area (Å²) in [4.78, 5) is 10.3. The van der Waals surface area contributed by atoms with Crippen LogP contribution < -0.4 is 0 Å². The van der Waals surface area contributed by atoms with E-state index in [-0.39, 0.29) is 5.97 Å². The molecule has 1 aromatic heterocycles. The molecule has 0 N–H and O–H groups in total. The van der Waals surface area contributed by atoms with Gasteiger partial charge in [0.1, 0.15) is 12.9 Å². The second-order valence-corrected chi connectivity index (χ2v) is 1.91. The van der Waals surface area contributed by atoms with E-state index in [0.29, 0.717) is 13.2 Å². The molecular weight excluding hydrogens is 148 g/mol. The van der Waals surface area contributed by atoms with Gasteiger partial charge in [0.05, 0.1) is 6.54 Å². The predicted octanol–water partition coefficient (Wildman–Crippen LogP) is -0.764. The zero-order chi connectivity index (χ0) is 8.10. The number of aromatic nitrogens is 4. The minimum Gasteiger partial charge on any atom is -0.464 e. The van der Waals surface area contributed by atoms with Gasteiger partial charge in [-0.05, 0) is 10.4 Å². The van der Waals surface area contributed by atoms with Crippen molar-refractivity contribution < 1.29 is 9.53 Å². The molecule has 0 saturated carbocycles. The summed E-state index contributed by atoms with van der Waals surface area (Å²) in [6.07, 6.45) is 1.46. The molecule has 11 heavy (non-hydrogen) atoms. The molecule has 1 aromatic rings. The lowest BCUT2D eigenvalue weighted by molar-refractivity contribution is -0.141. The average molecular weight is 156 g/mol. The zero-order valence-corrected chi connectivity index (χ0v) is 6.10. The van der Waals surface area contributed by atoms with Crippen molar-refractivity contribution in [2.45, 2.75) is 13.5 Å². The Kier molecular flexibility index (Phi) is 2.53. The molecule has 0 bridgehead atoms. The number of hydrogen-bond donors (Lipinski definition) is 0. The van der Waals surface area contributed by atoms with Crippen LogP contribution in [0.1, 0.15) is 6.92 Å². The van der Waals surface area contributed by atoms with Gasteiger partial charge in [0.25, 0.3) is 0 Å². The van der Waals surface area contributed by atoms with Crippen LogP contribution in [0.4, 0.5) is 0 Å². The lowest BCUT2D eigenvalue weighted by atomic mass is 10.7. The zero-order valence-electron chi connectivity index (χ0n) is 6.10. The van der Waals surface area contributed by atoms with Crippen LogP contribution in [0.15, 0.2) is 6.33 Å². The van der Waals surface area contributed by atoms with Gasteiger partial charge in [-0.3, -0.25) is 4.79 Å². The molecule has 0 aliphatic carbocycles. The highest BCUT2D eigenvalue weighted by molar-refractivity contribution is 5.65. The molecule has 0 radical (unpaired) electrons. The normalized spacial score (nSPS) is 9.55. The van der Waals surface area contributed by atoms with Crippen molar-refractivity contribution in [3.8, 4) is 0 Å². The second-order valence-electron chi connectivity index (χ2n) is 1.91. The number of tetrazole rings is 1. The number of nitrogens with zero attached hydrogens (tertiary/aromatic N) is 4. The molecule has 0 aliphatic rings. The fraction of sp³-hybridized carbons (Fsp3) is 0.600. The predicted molar refractivity (Wildman–Crippen MR) is 34.4 cm³/mol. The Morgan fingerprint density at radius 1 is 1.73 bits per heavy atom. The number of carbonyl (C=O) groups is 1. The quantitative estimate of drug-likeness (QED) is 0.538. The van der Waals surface area contributed by atoms with Crippen molar-refractivity contribution in [1.82, 2.24) is 20.2 Å². The van der Waals surface area contributed by atoms with E-state index in [9.17, 15) is 4.79 Å². The lowest BCUT2D eigenvalue weighted by Crippen LogP contribution is -2.09. The third-order valence-electron chi connectivity index (χ3n) is 1.02. The first-order valence-electron chi connectivity index (χ1n) is 3.13. The van der Waals surface area contributed by atoms with E-state index in [0.717, 1.165) is 0 Å². The Hall–Kier alpha value is -1.46. The molecule has 0 saturated heterocycles. The van der Waals surface area contributed by atoms with Gasteiger partial charge in [-0.25, -0.2) is 4.68 Å². The second kappa shape index (κ2) is 3.65. The summed E-state index contributed by atoms with van der Waals surface area (Å²) in [6, 6.07) is 0. The van der Waals surface area contributed by atoms with Crippen molar-refractivity contribution in [2.24, 2.45) is 0 Å². The highest BCUT2D eigenvalue weighted by Gasteiger charge is 1.94. The number of carbonyl (C=O) groups excluding carboxylic acids is 1. The van der Waals surface area contributed by atoms with Crippen molar-refractivity contribution in [1.29, 1.82) is 0 Å². The van der Waals surface area contributed by atoms with E-state index in [1.165, 1.54) is 17.9 Å². The Morgan fingerprint density at radius 3 is 3.09 bits per heavy atom. The van der Waals surface area contributed by atoms with Gasteiger partial charge in [-0.1, -0.05) is 0 Å². The molecule has 60 valence electrons. The summed E-state index contributed by atoms with van der Waals surface area (Å²) < 4.78 is 6.15. The van der Waals surface area contributed by atoms with Gasteiger partial charge in [-0.2, -0.15) is 0 Å². The van der Waals surface area contributed by atoms with E-state index >= 15 is 0 Å². The third-order valence-corrected chi connectivity index (χ3v) is 1.02. The maximum atomic E-state index is 10.3. The van der Waals surface area contributed by atoms with Crippen LogP contribution in [0, 0.1) is 0 Å². The van der Waals surface area contributed by atoms with E-state index in [2.05, 4.69) is 20.3 Å². The summed E-state index contributed by atoms with van der Waals surface area (Å²) in [7, 11) is 0. The minimum atomic E-state index is -0.293. The Bertz CT molecular complexity index is 220. The van der Waals surface area contributed by atoms with Crippen molar-refractivity contribution >= 4 is 5.97 Å². The van der Waals surface area contributed by atoms with Crippen LogP contribution in [-0.2, 0) is 16.1 Å². The lowest BCUT2D eigenvalue weighted by Gasteiger charge is -1.98. The number of hydrogen-bond acceptors (Lipinski definition) is 5. The van der Waals surface area contributed by atoms with Crippen LogP contribution in [0.5, 0.6) is 0 Å². The van der Waals surface area contributed by atoms with Crippen molar-refractivity contribution in [3.63, 3.8) is 0 Å². The molecular formula is C5H8N4O2. The summed E-state index contributed by atoms with van der Waals surface area (Å²) in [6.45, 7) is 2.16. The maximum absolute atomic E-state index is 10.3. The monoisotopic (exact) mass is 156 g/mol. The number of esters is 1. The standard InChI is InChI=1S/C5H8N4O2/c1-5(10)11-3-2-9-4-6-7-8-9/h4H,2-3H2,1H3. The molecule has 6 nitrogen and oxygen atoms in total. The highest BCUT2D eigenvalue weighted by Crippen LogP contribution is 1.80.